The van der Waals surface area contributed by atoms with Gasteiger partial charge in [-0.2, -0.15) is 0 Å². The summed E-state index contributed by atoms with van der Waals surface area (Å²) in [5, 5.41) is 0. The fourth-order valence-corrected chi connectivity index (χ4v) is 3.47. The monoisotopic (exact) mass is 452 g/mol. The first-order chi connectivity index (χ1) is 16.0. The van der Waals surface area contributed by atoms with E-state index in [1.807, 2.05) is 36.4 Å². The molecule has 1 fully saturated rings. The van der Waals surface area contributed by atoms with Gasteiger partial charge < -0.3 is 24.0 Å². The molecule has 33 heavy (non-hydrogen) atoms. The van der Waals surface area contributed by atoms with E-state index in [-0.39, 0.29) is 18.6 Å². The molecule has 1 aliphatic rings. The van der Waals surface area contributed by atoms with Crippen LogP contribution in [0.5, 0.6) is 5.75 Å². The highest BCUT2D eigenvalue weighted by Crippen LogP contribution is 2.25. The molecule has 0 radical (unpaired) electrons. The molecule has 0 aliphatic carbocycles. The van der Waals surface area contributed by atoms with Crippen molar-refractivity contribution in [3.05, 3.63) is 65.7 Å². The fraction of sp³-hybridized carbons (Fsp3) is 0.320. The summed E-state index contributed by atoms with van der Waals surface area (Å²) in [4.78, 5) is 40.5. The van der Waals surface area contributed by atoms with Gasteiger partial charge in [0, 0.05) is 31.7 Å². The van der Waals surface area contributed by atoms with E-state index in [1.54, 1.807) is 48.1 Å². The lowest BCUT2D eigenvalue weighted by atomic mass is 10.0. The normalized spacial score (nSPS) is 13.9. The topological polar surface area (TPSA) is 85.4 Å². The van der Waals surface area contributed by atoms with Crippen molar-refractivity contribution < 1.29 is 28.6 Å². The minimum Gasteiger partial charge on any atom is -0.496 e. The average molecular weight is 453 g/mol. The first kappa shape index (κ1) is 23.8. The third-order valence-corrected chi connectivity index (χ3v) is 5.23. The Hall–Kier alpha value is -3.81. The molecule has 1 aliphatic heterocycles. The first-order valence-corrected chi connectivity index (χ1v) is 10.8. The predicted octanol–water partition coefficient (Wildman–Crippen LogP) is 3.08. The van der Waals surface area contributed by atoms with Gasteiger partial charge >= 0.3 is 12.1 Å². The molecule has 174 valence electrons. The number of methoxy groups -OCH3 is 1. The summed E-state index contributed by atoms with van der Waals surface area (Å²) in [5.74, 6) is -0.295. The number of ether oxygens (including phenoxy) is 3. The molecule has 2 aromatic carbocycles. The molecule has 1 saturated heterocycles. The number of carbonyl (C=O) groups is 3. The summed E-state index contributed by atoms with van der Waals surface area (Å²) in [6.45, 7) is 3.14. The Morgan fingerprint density at radius 1 is 0.879 bits per heavy atom. The van der Waals surface area contributed by atoms with Gasteiger partial charge in [0.2, 0.25) is 0 Å². The van der Waals surface area contributed by atoms with E-state index in [0.717, 1.165) is 5.56 Å². The molecule has 0 atom stereocenters. The molecule has 0 N–H and O–H groups in total. The Balaban J connectivity index is 1.66. The maximum atomic E-state index is 13.0. The summed E-state index contributed by atoms with van der Waals surface area (Å²) in [5.41, 5.74) is 1.71. The summed E-state index contributed by atoms with van der Waals surface area (Å²) in [7, 11) is 1.56. The zero-order valence-corrected chi connectivity index (χ0v) is 18.9. The number of hydrogen-bond acceptors (Lipinski definition) is 6. The van der Waals surface area contributed by atoms with Crippen LogP contribution in [0.15, 0.2) is 54.6 Å². The number of amides is 2. The van der Waals surface area contributed by atoms with E-state index in [4.69, 9.17) is 14.2 Å². The van der Waals surface area contributed by atoms with Crippen LogP contribution in [0.1, 0.15) is 18.1 Å². The Morgan fingerprint density at radius 3 is 2.18 bits per heavy atom. The SMILES string of the molecule is CCOC(=O)N1CCN(C(=O)COC(=O)/C(=C/c2ccccc2OC)c2ccccc2)CC1. The quantitative estimate of drug-likeness (QED) is 0.365. The highest BCUT2D eigenvalue weighted by atomic mass is 16.6. The van der Waals surface area contributed by atoms with E-state index < -0.39 is 5.97 Å². The minimum absolute atomic E-state index is 0.306. The zero-order valence-electron chi connectivity index (χ0n) is 18.9. The lowest BCUT2D eigenvalue weighted by Gasteiger charge is -2.33. The van der Waals surface area contributed by atoms with Crippen LogP contribution in [0, 0.1) is 0 Å². The van der Waals surface area contributed by atoms with E-state index in [9.17, 15) is 14.4 Å². The lowest BCUT2D eigenvalue weighted by Crippen LogP contribution is -2.51. The standard InChI is InChI=1S/C25H28N2O6/c1-3-32-25(30)27-15-13-26(14-16-27)23(28)18-33-24(29)21(19-9-5-4-6-10-19)17-20-11-7-8-12-22(20)31-2/h4-12,17H,3,13-16,18H2,1-2H3/b21-17+. The van der Waals surface area contributed by atoms with Crippen molar-refractivity contribution >= 4 is 29.6 Å². The van der Waals surface area contributed by atoms with Crippen molar-refractivity contribution in [1.82, 2.24) is 9.80 Å². The molecule has 0 spiro atoms. The molecule has 0 aromatic heterocycles. The van der Waals surface area contributed by atoms with Crippen LogP contribution < -0.4 is 4.74 Å². The number of carbonyl (C=O) groups excluding carboxylic acids is 3. The van der Waals surface area contributed by atoms with Crippen molar-refractivity contribution in [2.75, 3.05) is 46.5 Å². The number of benzene rings is 2. The van der Waals surface area contributed by atoms with E-state index in [1.165, 1.54) is 0 Å². The highest BCUT2D eigenvalue weighted by Gasteiger charge is 2.26. The van der Waals surface area contributed by atoms with Crippen LogP contribution in [-0.4, -0.2) is 74.3 Å². The van der Waals surface area contributed by atoms with Crippen molar-refractivity contribution in [2.45, 2.75) is 6.92 Å². The Labute approximate surface area is 193 Å². The third-order valence-electron chi connectivity index (χ3n) is 5.23. The maximum Gasteiger partial charge on any atom is 0.409 e. The second-order valence-corrected chi connectivity index (χ2v) is 7.31. The summed E-state index contributed by atoms with van der Waals surface area (Å²) in [6, 6.07) is 16.5. The first-order valence-electron chi connectivity index (χ1n) is 10.8. The van der Waals surface area contributed by atoms with Crippen molar-refractivity contribution in [3.8, 4) is 5.75 Å². The van der Waals surface area contributed by atoms with Crippen molar-refractivity contribution in [2.24, 2.45) is 0 Å². The third kappa shape index (κ3) is 6.35. The molecule has 8 heteroatoms. The number of piperazine rings is 1. The van der Waals surface area contributed by atoms with Gasteiger partial charge in [0.1, 0.15) is 5.75 Å². The van der Waals surface area contributed by atoms with Gasteiger partial charge in [-0.15, -0.1) is 0 Å². The molecular weight excluding hydrogens is 424 g/mol. The number of para-hydroxylation sites is 1. The van der Waals surface area contributed by atoms with Gasteiger partial charge in [-0.3, -0.25) is 4.79 Å². The second-order valence-electron chi connectivity index (χ2n) is 7.31. The Morgan fingerprint density at radius 2 is 1.52 bits per heavy atom. The predicted molar refractivity (Wildman–Crippen MR) is 123 cm³/mol. The number of esters is 1. The smallest absolute Gasteiger partial charge is 0.409 e. The molecule has 3 rings (SSSR count). The average Bonchev–Trinajstić information content (AvgIpc) is 2.86. The van der Waals surface area contributed by atoms with Crippen LogP contribution in [-0.2, 0) is 19.1 Å². The number of nitrogens with zero attached hydrogens (tertiary/aromatic N) is 2. The largest absolute Gasteiger partial charge is 0.496 e. The minimum atomic E-state index is -0.606. The number of hydrogen-bond donors (Lipinski definition) is 0. The maximum absolute atomic E-state index is 13.0. The van der Waals surface area contributed by atoms with Crippen LogP contribution in [0.3, 0.4) is 0 Å². The van der Waals surface area contributed by atoms with Crippen LogP contribution in [0.25, 0.3) is 11.6 Å². The summed E-state index contributed by atoms with van der Waals surface area (Å²) < 4.78 is 15.8. The van der Waals surface area contributed by atoms with E-state index in [2.05, 4.69) is 0 Å². The Kier molecular flexibility index (Phi) is 8.46. The molecule has 2 amide bonds. The Bertz CT molecular complexity index is 997. The fourth-order valence-electron chi connectivity index (χ4n) is 3.47. The van der Waals surface area contributed by atoms with Crippen molar-refractivity contribution in [1.29, 1.82) is 0 Å². The van der Waals surface area contributed by atoms with Gasteiger partial charge in [0.15, 0.2) is 6.61 Å². The molecule has 2 aromatic rings. The van der Waals surface area contributed by atoms with E-state index >= 15 is 0 Å². The van der Waals surface area contributed by atoms with Gasteiger partial charge in [0.25, 0.3) is 5.91 Å². The molecule has 0 unspecified atom stereocenters. The van der Waals surface area contributed by atoms with Crippen molar-refractivity contribution in [3.63, 3.8) is 0 Å². The number of rotatable bonds is 7. The molecule has 0 saturated carbocycles. The van der Waals surface area contributed by atoms with Gasteiger partial charge in [-0.05, 0) is 24.6 Å². The molecular formula is C25H28N2O6. The van der Waals surface area contributed by atoms with Gasteiger partial charge in [-0.1, -0.05) is 48.5 Å². The van der Waals surface area contributed by atoms with Gasteiger partial charge in [0.05, 0.1) is 19.3 Å². The van der Waals surface area contributed by atoms with E-state index in [0.29, 0.717) is 49.7 Å². The summed E-state index contributed by atoms with van der Waals surface area (Å²) in [6.07, 6.45) is 1.31. The highest BCUT2D eigenvalue weighted by molar-refractivity contribution is 6.22. The molecule has 1 heterocycles. The van der Waals surface area contributed by atoms with Crippen LogP contribution >= 0.6 is 0 Å². The molecule has 8 nitrogen and oxygen atoms in total. The summed E-state index contributed by atoms with van der Waals surface area (Å²) >= 11 is 0. The van der Waals surface area contributed by atoms with Crippen LogP contribution in [0.2, 0.25) is 0 Å². The molecule has 0 bridgehead atoms. The van der Waals surface area contributed by atoms with Crippen LogP contribution in [0.4, 0.5) is 4.79 Å². The lowest BCUT2D eigenvalue weighted by molar-refractivity contribution is -0.148. The second kappa shape index (κ2) is 11.7. The van der Waals surface area contributed by atoms with Gasteiger partial charge in [-0.25, -0.2) is 9.59 Å². The zero-order chi connectivity index (χ0) is 23.6.